The molecule has 0 radical (unpaired) electrons. The Hall–Kier alpha value is -2.87. The molecule has 24 heavy (non-hydrogen) atoms. The number of hydrogen-bond donors (Lipinski definition) is 2. The summed E-state index contributed by atoms with van der Waals surface area (Å²) in [7, 11) is 0. The lowest BCUT2D eigenvalue weighted by molar-refractivity contribution is -0.448. The van der Waals surface area contributed by atoms with E-state index in [1.807, 2.05) is 24.3 Å². The van der Waals surface area contributed by atoms with Crippen molar-refractivity contribution in [1.29, 1.82) is 0 Å². The van der Waals surface area contributed by atoms with Crippen molar-refractivity contribution in [3.05, 3.63) is 58.7 Å². The van der Waals surface area contributed by atoms with E-state index in [0.717, 1.165) is 4.73 Å². The highest BCUT2D eigenvalue weighted by molar-refractivity contribution is 8.15. The predicted octanol–water partition coefficient (Wildman–Crippen LogP) is 1.54. The molecule has 0 saturated heterocycles. The van der Waals surface area contributed by atoms with Crippen LogP contribution in [0.15, 0.2) is 47.5 Å². The summed E-state index contributed by atoms with van der Waals surface area (Å²) in [6.07, 6.45) is 8.47. The third kappa shape index (κ3) is 2.07. The van der Waals surface area contributed by atoms with Crippen LogP contribution < -0.4 is 10.2 Å². The summed E-state index contributed by atoms with van der Waals surface area (Å²) in [5.41, 5.74) is 6.82. The van der Waals surface area contributed by atoms with Crippen LogP contribution in [0, 0.1) is 4.91 Å². The van der Waals surface area contributed by atoms with Gasteiger partial charge in [-0.05, 0) is 18.2 Å². The second-order valence-electron chi connectivity index (χ2n) is 5.48. The summed E-state index contributed by atoms with van der Waals surface area (Å²) >= 11 is 1.43. The molecule has 1 aliphatic carbocycles. The third-order valence-corrected chi connectivity index (χ3v) is 5.26. The zero-order chi connectivity index (χ0) is 16.8. The van der Waals surface area contributed by atoms with Crippen molar-refractivity contribution in [1.82, 2.24) is 4.73 Å². The monoisotopic (exact) mass is 341 g/mol. The number of aromatic nitrogens is 2. The minimum absolute atomic E-state index is 0.0495. The maximum Gasteiger partial charge on any atom is 0.348 e. The molecule has 0 spiro atoms. The maximum atomic E-state index is 12.5. The molecule has 2 atom stereocenters. The van der Waals surface area contributed by atoms with Gasteiger partial charge in [-0.15, -0.1) is 0 Å². The number of aldehydes is 1. The van der Waals surface area contributed by atoms with Gasteiger partial charge < -0.3 is 5.21 Å². The molecule has 3 N–H and O–H groups in total. The molecule has 7 nitrogen and oxygen atoms in total. The number of carbonyl (C=O) groups is 1. The van der Waals surface area contributed by atoms with Crippen LogP contribution in [0.4, 0.5) is 5.82 Å². The van der Waals surface area contributed by atoms with Crippen molar-refractivity contribution in [2.45, 2.75) is 11.3 Å². The number of allylic oxidation sites excluding steroid dienone is 2. The molecule has 1 aromatic heterocycles. The first-order valence-electron chi connectivity index (χ1n) is 7.25. The largest absolute Gasteiger partial charge is 0.427 e. The first kappa shape index (κ1) is 14.7. The minimum atomic E-state index is -0.137. The molecular formula is C16H13N4O3S+. The number of nitrogen functional groups attached to an aromatic ring is 1. The summed E-state index contributed by atoms with van der Waals surface area (Å²) in [6.45, 7) is 0. The van der Waals surface area contributed by atoms with Crippen LogP contribution >= 0.6 is 11.8 Å². The highest BCUT2D eigenvalue weighted by Crippen LogP contribution is 2.35. The molecular weight excluding hydrogens is 328 g/mol. The van der Waals surface area contributed by atoms with Gasteiger partial charge in [0.2, 0.25) is 11.2 Å². The Morgan fingerprint density at radius 2 is 2.12 bits per heavy atom. The van der Waals surface area contributed by atoms with E-state index >= 15 is 0 Å². The Bertz CT molecular complexity index is 1020. The lowest BCUT2D eigenvalue weighted by atomic mass is 10.1. The number of thioether (sulfide) groups is 1. The number of nitrogens with two attached hydrogens (primary N) is 1. The molecule has 2 heterocycles. The normalized spacial score (nSPS) is 21.8. The Morgan fingerprint density at radius 3 is 2.88 bits per heavy atom. The van der Waals surface area contributed by atoms with Crippen LogP contribution in [0.3, 0.4) is 0 Å². The molecule has 1 aromatic carbocycles. The first-order chi connectivity index (χ1) is 11.6. The second kappa shape index (κ2) is 5.34. The predicted molar refractivity (Wildman–Crippen MR) is 92.3 cm³/mol. The fourth-order valence-electron chi connectivity index (χ4n) is 2.82. The van der Waals surface area contributed by atoms with Crippen molar-refractivity contribution in [2.75, 3.05) is 5.73 Å². The number of rotatable bonds is 2. The Morgan fingerprint density at radius 1 is 1.33 bits per heavy atom. The van der Waals surface area contributed by atoms with Gasteiger partial charge in [0.05, 0.1) is 11.3 Å². The van der Waals surface area contributed by atoms with E-state index in [4.69, 9.17) is 5.73 Å². The van der Waals surface area contributed by atoms with Gasteiger partial charge in [-0.3, -0.25) is 15.5 Å². The SMILES string of the molecule is Nc1c(C2=N[C@@H]3C=CC=C[C@H]3S2)n(O)c2cc(C=O)ccc2[n+]1=O. The number of carbonyl (C=O) groups excluding carboxylic acids is 1. The Kier molecular flexibility index (Phi) is 3.27. The molecule has 8 heteroatoms. The average Bonchev–Trinajstić information content (AvgIpc) is 3.03. The van der Waals surface area contributed by atoms with E-state index in [-0.39, 0.29) is 33.8 Å². The number of fused-ring (bicyclic) bond motifs is 2. The van der Waals surface area contributed by atoms with Gasteiger partial charge in [-0.25, -0.2) is 0 Å². The van der Waals surface area contributed by atoms with Crippen molar-refractivity contribution in [3.63, 3.8) is 0 Å². The van der Waals surface area contributed by atoms with Crippen LogP contribution in [-0.2, 0) is 0 Å². The zero-order valence-electron chi connectivity index (χ0n) is 12.4. The van der Waals surface area contributed by atoms with Crippen LogP contribution in [-0.4, -0.2) is 32.6 Å². The third-order valence-electron chi connectivity index (χ3n) is 4.03. The molecule has 120 valence electrons. The van der Waals surface area contributed by atoms with E-state index in [1.54, 1.807) is 0 Å². The summed E-state index contributed by atoms with van der Waals surface area (Å²) in [6, 6.07) is 4.33. The smallest absolute Gasteiger partial charge is 0.348 e. The van der Waals surface area contributed by atoms with Gasteiger partial charge in [0, 0.05) is 9.99 Å². The summed E-state index contributed by atoms with van der Waals surface area (Å²) < 4.78 is 1.38. The molecule has 0 saturated carbocycles. The second-order valence-corrected chi connectivity index (χ2v) is 6.65. The van der Waals surface area contributed by atoms with Crippen LogP contribution in [0.25, 0.3) is 11.0 Å². The molecule has 2 aromatic rings. The standard InChI is InChI=1S/C16H13N4O3S/c17-15-14(16-18-10-3-1-2-4-13(10)24-16)19(22)12-7-9(8-21)5-6-11(12)20(15)23/h1-8,10,13,22H,17H2/q+1/t10-,13-/m1/s1. The van der Waals surface area contributed by atoms with E-state index in [9.17, 15) is 14.9 Å². The number of nitrogens with zero attached hydrogens (tertiary/aromatic N) is 3. The van der Waals surface area contributed by atoms with E-state index in [1.165, 1.54) is 30.0 Å². The highest BCUT2D eigenvalue weighted by atomic mass is 32.2. The van der Waals surface area contributed by atoms with Gasteiger partial charge in [0.1, 0.15) is 16.8 Å². The maximum absolute atomic E-state index is 12.5. The molecule has 0 bridgehead atoms. The zero-order valence-corrected chi connectivity index (χ0v) is 13.2. The number of hydrogen-bond acceptors (Lipinski definition) is 6. The topological polar surface area (TPSA) is 104 Å². The Labute approximate surface area is 140 Å². The molecule has 0 unspecified atom stereocenters. The summed E-state index contributed by atoms with van der Waals surface area (Å²) in [4.78, 5) is 28.0. The van der Waals surface area contributed by atoms with Gasteiger partial charge in [0.15, 0.2) is 0 Å². The number of benzene rings is 1. The molecule has 2 aliphatic rings. The van der Waals surface area contributed by atoms with Crippen LogP contribution in [0.5, 0.6) is 0 Å². The molecule has 1 aliphatic heterocycles. The fraction of sp³-hybridized carbons (Fsp3) is 0.125. The quantitative estimate of drug-likeness (QED) is 0.490. The van der Waals surface area contributed by atoms with Crippen molar-refractivity contribution < 1.29 is 14.4 Å². The minimum Gasteiger partial charge on any atom is -0.427 e. The molecule has 0 fully saturated rings. The van der Waals surface area contributed by atoms with Crippen molar-refractivity contribution in [2.24, 2.45) is 4.99 Å². The first-order valence-corrected chi connectivity index (χ1v) is 8.13. The van der Waals surface area contributed by atoms with Crippen molar-refractivity contribution in [3.8, 4) is 0 Å². The fourth-order valence-corrected chi connectivity index (χ4v) is 4.03. The van der Waals surface area contributed by atoms with Crippen LogP contribution in [0.1, 0.15) is 16.1 Å². The van der Waals surface area contributed by atoms with E-state index < -0.39 is 0 Å². The van der Waals surface area contributed by atoms with E-state index in [2.05, 4.69) is 4.99 Å². The van der Waals surface area contributed by atoms with E-state index in [0.29, 0.717) is 21.3 Å². The Balaban J connectivity index is 1.96. The van der Waals surface area contributed by atoms with Gasteiger partial charge in [-0.2, -0.15) is 4.73 Å². The van der Waals surface area contributed by atoms with Gasteiger partial charge in [-0.1, -0.05) is 41.0 Å². The number of aliphatic imine (C=N–C) groups is 1. The number of anilines is 1. The van der Waals surface area contributed by atoms with Crippen molar-refractivity contribution >= 4 is 39.9 Å². The van der Waals surface area contributed by atoms with Gasteiger partial charge >= 0.3 is 5.82 Å². The molecule has 0 amide bonds. The van der Waals surface area contributed by atoms with Crippen LogP contribution in [0.2, 0.25) is 0 Å². The summed E-state index contributed by atoms with van der Waals surface area (Å²) in [5.74, 6) is -0.137. The lowest BCUT2D eigenvalue weighted by Crippen LogP contribution is -2.28. The molecule has 4 rings (SSSR count). The lowest BCUT2D eigenvalue weighted by Gasteiger charge is -2.11. The summed E-state index contributed by atoms with van der Waals surface area (Å²) in [5, 5.41) is 11.2. The van der Waals surface area contributed by atoms with Gasteiger partial charge in [0.25, 0.3) is 0 Å². The highest BCUT2D eigenvalue weighted by Gasteiger charge is 2.34. The average molecular weight is 341 g/mol.